The molecule has 2 aromatic rings. The highest BCUT2D eigenvalue weighted by Gasteiger charge is 2.12. The molecular weight excluding hydrogens is 328 g/mol. The van der Waals surface area contributed by atoms with Crippen LogP contribution in [0.15, 0.2) is 42.5 Å². The van der Waals surface area contributed by atoms with Gasteiger partial charge in [-0.15, -0.1) is 0 Å². The number of pyridine rings is 1. The van der Waals surface area contributed by atoms with Gasteiger partial charge in [0.25, 0.3) is 11.8 Å². The zero-order chi connectivity index (χ0) is 18.9. The number of rotatable bonds is 8. The molecular formula is C20H26N4O2. The Kier molecular flexibility index (Phi) is 7.14. The quantitative estimate of drug-likeness (QED) is 0.713. The highest BCUT2D eigenvalue weighted by Crippen LogP contribution is 2.16. The normalized spacial score (nSPS) is 10.3. The third-order valence-corrected chi connectivity index (χ3v) is 3.92. The summed E-state index contributed by atoms with van der Waals surface area (Å²) in [7, 11) is 3.91. The third-order valence-electron chi connectivity index (χ3n) is 3.92. The molecule has 2 N–H and O–H groups in total. The number of carbonyl (C=O) groups excluding carboxylic acids is 2. The molecule has 1 aromatic heterocycles. The summed E-state index contributed by atoms with van der Waals surface area (Å²) in [6.45, 7) is 2.72. The zero-order valence-electron chi connectivity index (χ0n) is 15.6. The Morgan fingerprint density at radius 1 is 0.962 bits per heavy atom. The molecule has 2 rings (SSSR count). The first-order valence-electron chi connectivity index (χ1n) is 8.85. The van der Waals surface area contributed by atoms with Crippen LogP contribution in [-0.2, 0) is 0 Å². The molecule has 1 aromatic carbocycles. The van der Waals surface area contributed by atoms with Crippen LogP contribution in [0.1, 0.15) is 47.2 Å². The molecule has 0 radical (unpaired) electrons. The van der Waals surface area contributed by atoms with Crippen molar-refractivity contribution in [2.45, 2.75) is 26.2 Å². The first-order valence-corrected chi connectivity index (χ1v) is 8.85. The topological polar surface area (TPSA) is 74.3 Å². The van der Waals surface area contributed by atoms with E-state index in [2.05, 4.69) is 22.5 Å². The number of amides is 2. The second-order valence-corrected chi connectivity index (χ2v) is 6.27. The lowest BCUT2D eigenvalue weighted by Gasteiger charge is -2.13. The molecule has 0 spiro atoms. The highest BCUT2D eigenvalue weighted by molar-refractivity contribution is 6.03. The minimum atomic E-state index is -0.344. The van der Waals surface area contributed by atoms with E-state index >= 15 is 0 Å². The van der Waals surface area contributed by atoms with Crippen molar-refractivity contribution in [3.05, 3.63) is 53.9 Å². The Morgan fingerprint density at radius 2 is 1.62 bits per heavy atom. The van der Waals surface area contributed by atoms with E-state index in [1.807, 2.05) is 43.3 Å². The van der Waals surface area contributed by atoms with Crippen molar-refractivity contribution >= 4 is 23.2 Å². The third kappa shape index (κ3) is 5.58. The number of unbranched alkanes of at least 4 members (excludes halogenated alkanes) is 2. The summed E-state index contributed by atoms with van der Waals surface area (Å²) in [6, 6.07) is 12.4. The minimum absolute atomic E-state index is 0.211. The van der Waals surface area contributed by atoms with E-state index < -0.39 is 0 Å². The summed E-state index contributed by atoms with van der Waals surface area (Å²) in [4.78, 5) is 30.7. The van der Waals surface area contributed by atoms with Gasteiger partial charge in [0.15, 0.2) is 0 Å². The molecule has 6 nitrogen and oxygen atoms in total. The minimum Gasteiger partial charge on any atom is -0.378 e. The number of carbonyl (C=O) groups is 2. The molecule has 0 aliphatic carbocycles. The molecule has 0 aliphatic rings. The van der Waals surface area contributed by atoms with E-state index in [0.717, 1.165) is 24.9 Å². The summed E-state index contributed by atoms with van der Waals surface area (Å²) >= 11 is 0. The Morgan fingerprint density at radius 3 is 2.23 bits per heavy atom. The molecule has 0 saturated heterocycles. The van der Waals surface area contributed by atoms with Gasteiger partial charge < -0.3 is 15.5 Å². The summed E-state index contributed by atoms with van der Waals surface area (Å²) in [5, 5.41) is 5.63. The lowest BCUT2D eigenvalue weighted by Crippen LogP contribution is -2.26. The summed E-state index contributed by atoms with van der Waals surface area (Å²) < 4.78 is 0. The molecule has 1 heterocycles. The maximum atomic E-state index is 12.4. The lowest BCUT2D eigenvalue weighted by atomic mass is 10.2. The SMILES string of the molecule is CCCCCNC(=O)c1cccc(C(=O)Nc2ccc(N(C)C)cc2)n1. The molecule has 0 aliphatic heterocycles. The molecule has 0 bridgehead atoms. The highest BCUT2D eigenvalue weighted by atomic mass is 16.2. The Bertz CT molecular complexity index is 742. The fraction of sp³-hybridized carbons (Fsp3) is 0.350. The van der Waals surface area contributed by atoms with E-state index in [9.17, 15) is 9.59 Å². The molecule has 6 heteroatoms. The number of aromatic nitrogens is 1. The molecule has 0 fully saturated rings. The molecule has 26 heavy (non-hydrogen) atoms. The molecule has 0 saturated carbocycles. The van der Waals surface area contributed by atoms with Gasteiger partial charge >= 0.3 is 0 Å². The average Bonchev–Trinajstić information content (AvgIpc) is 2.65. The Balaban J connectivity index is 1.99. The maximum Gasteiger partial charge on any atom is 0.274 e. The van der Waals surface area contributed by atoms with Gasteiger partial charge in [0.05, 0.1) is 0 Å². The van der Waals surface area contributed by atoms with Gasteiger partial charge in [-0.05, 0) is 42.8 Å². The smallest absolute Gasteiger partial charge is 0.274 e. The van der Waals surface area contributed by atoms with Gasteiger partial charge in [0, 0.05) is 32.0 Å². The monoisotopic (exact) mass is 354 g/mol. The first-order chi connectivity index (χ1) is 12.5. The zero-order valence-corrected chi connectivity index (χ0v) is 15.6. The van der Waals surface area contributed by atoms with Gasteiger partial charge in [-0.3, -0.25) is 9.59 Å². The van der Waals surface area contributed by atoms with Gasteiger partial charge in [-0.25, -0.2) is 4.98 Å². The van der Waals surface area contributed by atoms with E-state index in [4.69, 9.17) is 0 Å². The van der Waals surface area contributed by atoms with Crippen LogP contribution in [0.2, 0.25) is 0 Å². The standard InChI is InChI=1S/C20H26N4O2/c1-4-5-6-14-21-19(25)17-8-7-9-18(23-17)20(26)22-15-10-12-16(13-11-15)24(2)3/h7-13H,4-6,14H2,1-3H3,(H,21,25)(H,22,26). The van der Waals surface area contributed by atoms with Crippen molar-refractivity contribution in [1.29, 1.82) is 0 Å². The van der Waals surface area contributed by atoms with Gasteiger partial charge in [0.2, 0.25) is 0 Å². The number of benzene rings is 1. The van der Waals surface area contributed by atoms with Crippen molar-refractivity contribution in [3.63, 3.8) is 0 Å². The number of nitrogens with zero attached hydrogens (tertiary/aromatic N) is 2. The predicted octanol–water partition coefficient (Wildman–Crippen LogP) is 3.32. The van der Waals surface area contributed by atoms with Gasteiger partial charge in [-0.2, -0.15) is 0 Å². The van der Waals surface area contributed by atoms with Crippen LogP contribution < -0.4 is 15.5 Å². The second-order valence-electron chi connectivity index (χ2n) is 6.27. The van der Waals surface area contributed by atoms with E-state index in [1.165, 1.54) is 0 Å². The lowest BCUT2D eigenvalue weighted by molar-refractivity contribution is 0.0948. The average molecular weight is 354 g/mol. The van der Waals surface area contributed by atoms with Crippen LogP contribution in [0, 0.1) is 0 Å². The van der Waals surface area contributed by atoms with Crippen molar-refractivity contribution in [2.24, 2.45) is 0 Å². The molecule has 0 unspecified atom stereocenters. The number of hydrogen-bond donors (Lipinski definition) is 2. The van der Waals surface area contributed by atoms with Crippen molar-refractivity contribution in [2.75, 3.05) is 30.9 Å². The number of anilines is 2. The van der Waals surface area contributed by atoms with E-state index in [0.29, 0.717) is 12.2 Å². The Labute approximate surface area is 154 Å². The summed E-state index contributed by atoms with van der Waals surface area (Å²) in [6.07, 6.45) is 3.10. The largest absolute Gasteiger partial charge is 0.378 e. The van der Waals surface area contributed by atoms with Crippen LogP contribution in [-0.4, -0.2) is 37.4 Å². The maximum absolute atomic E-state index is 12.4. The molecule has 138 valence electrons. The van der Waals surface area contributed by atoms with Crippen LogP contribution in [0.4, 0.5) is 11.4 Å². The van der Waals surface area contributed by atoms with Crippen LogP contribution in [0.25, 0.3) is 0 Å². The van der Waals surface area contributed by atoms with Gasteiger partial charge in [-0.1, -0.05) is 25.8 Å². The first kappa shape index (κ1) is 19.4. The Hall–Kier alpha value is -2.89. The van der Waals surface area contributed by atoms with E-state index in [1.54, 1.807) is 18.2 Å². The fourth-order valence-electron chi connectivity index (χ4n) is 2.39. The molecule has 2 amide bonds. The number of nitrogens with one attached hydrogen (secondary N) is 2. The predicted molar refractivity (Wildman–Crippen MR) is 105 cm³/mol. The van der Waals surface area contributed by atoms with Crippen molar-refractivity contribution in [3.8, 4) is 0 Å². The van der Waals surface area contributed by atoms with Crippen LogP contribution >= 0.6 is 0 Å². The van der Waals surface area contributed by atoms with Crippen LogP contribution in [0.5, 0.6) is 0 Å². The van der Waals surface area contributed by atoms with E-state index in [-0.39, 0.29) is 23.2 Å². The number of hydrogen-bond acceptors (Lipinski definition) is 4. The van der Waals surface area contributed by atoms with Crippen LogP contribution in [0.3, 0.4) is 0 Å². The summed E-state index contributed by atoms with van der Waals surface area (Å²) in [5.74, 6) is -0.602. The molecule has 0 atom stereocenters. The summed E-state index contributed by atoms with van der Waals surface area (Å²) in [5.41, 5.74) is 2.18. The van der Waals surface area contributed by atoms with Crippen molar-refractivity contribution in [1.82, 2.24) is 10.3 Å². The van der Waals surface area contributed by atoms with Crippen molar-refractivity contribution < 1.29 is 9.59 Å². The second kappa shape index (κ2) is 9.56. The fourth-order valence-corrected chi connectivity index (χ4v) is 2.39. The van der Waals surface area contributed by atoms with Gasteiger partial charge in [0.1, 0.15) is 11.4 Å².